The summed E-state index contributed by atoms with van der Waals surface area (Å²) in [7, 11) is 0. The van der Waals surface area contributed by atoms with E-state index in [1.165, 1.54) is 18.2 Å². The van der Waals surface area contributed by atoms with Crippen molar-refractivity contribution in [2.24, 2.45) is 5.10 Å². The number of hydrazone groups is 1. The number of aromatic hydroxyl groups is 1. The molecule has 0 radical (unpaired) electrons. The van der Waals surface area contributed by atoms with E-state index in [1.54, 1.807) is 31.3 Å². The fourth-order valence-corrected chi connectivity index (χ4v) is 2.39. The maximum atomic E-state index is 13.3. The first-order valence-corrected chi connectivity index (χ1v) is 7.26. The highest BCUT2D eigenvalue weighted by molar-refractivity contribution is 6.31. The van der Waals surface area contributed by atoms with Gasteiger partial charge in [0.15, 0.2) is 0 Å². The number of benzene rings is 2. The van der Waals surface area contributed by atoms with Crippen molar-refractivity contribution in [3.8, 4) is 5.75 Å². The Labute approximate surface area is 137 Å². The normalized spacial score (nSPS) is 11.7. The van der Waals surface area contributed by atoms with Gasteiger partial charge in [-0.05, 0) is 49.4 Å². The molecule has 0 saturated carbocycles. The highest BCUT2D eigenvalue weighted by atomic mass is 35.5. The lowest BCUT2D eigenvalue weighted by molar-refractivity contribution is 0.472. The van der Waals surface area contributed by atoms with E-state index in [0.717, 1.165) is 16.6 Å². The van der Waals surface area contributed by atoms with Gasteiger partial charge in [-0.15, -0.1) is 0 Å². The molecule has 0 spiro atoms. The number of nitrogens with zero attached hydrogens (tertiary/aromatic N) is 2. The Bertz CT molecular complexity index is 911. The zero-order chi connectivity index (χ0) is 16.4. The monoisotopic (exact) mass is 329 g/mol. The van der Waals surface area contributed by atoms with Gasteiger partial charge in [0.2, 0.25) is 0 Å². The van der Waals surface area contributed by atoms with Crippen molar-refractivity contribution in [2.45, 2.75) is 6.92 Å². The highest BCUT2D eigenvalue weighted by Gasteiger charge is 2.07. The summed E-state index contributed by atoms with van der Waals surface area (Å²) in [6, 6.07) is 10.9. The molecule has 0 atom stereocenters. The van der Waals surface area contributed by atoms with Gasteiger partial charge >= 0.3 is 0 Å². The van der Waals surface area contributed by atoms with Crippen LogP contribution in [0, 0.1) is 5.82 Å². The Morgan fingerprint density at radius 3 is 2.87 bits per heavy atom. The zero-order valence-corrected chi connectivity index (χ0v) is 13.0. The van der Waals surface area contributed by atoms with Crippen LogP contribution in [-0.2, 0) is 0 Å². The fraction of sp³-hybridized carbons (Fsp3) is 0.0588. The molecule has 0 aliphatic carbocycles. The number of aromatic nitrogens is 1. The molecular weight excluding hydrogens is 317 g/mol. The SMILES string of the molecule is CC(=NNc1ccnc2cc(Cl)ccc12)c1cc(F)ccc1O. The lowest BCUT2D eigenvalue weighted by atomic mass is 10.1. The number of hydrogen-bond acceptors (Lipinski definition) is 4. The van der Waals surface area contributed by atoms with Gasteiger partial charge in [0.05, 0.1) is 16.9 Å². The quantitative estimate of drug-likeness (QED) is 0.546. The van der Waals surface area contributed by atoms with E-state index in [-0.39, 0.29) is 5.75 Å². The first-order chi connectivity index (χ1) is 11.0. The minimum atomic E-state index is -0.434. The highest BCUT2D eigenvalue weighted by Crippen LogP contribution is 2.25. The summed E-state index contributed by atoms with van der Waals surface area (Å²) in [6.45, 7) is 1.68. The third-order valence-electron chi connectivity index (χ3n) is 3.40. The van der Waals surface area contributed by atoms with Crippen molar-refractivity contribution < 1.29 is 9.50 Å². The molecule has 23 heavy (non-hydrogen) atoms. The summed E-state index contributed by atoms with van der Waals surface area (Å²) in [6.07, 6.45) is 1.64. The standard InChI is InChI=1S/C17H13ClFN3O/c1-10(14-9-12(19)3-5-17(14)23)21-22-15-6-7-20-16-8-11(18)2-4-13(15)16/h2-9,23H,1H3,(H,20,22). The summed E-state index contributed by atoms with van der Waals surface area (Å²) >= 11 is 5.96. The maximum Gasteiger partial charge on any atom is 0.124 e. The van der Waals surface area contributed by atoms with Crippen LogP contribution in [0.5, 0.6) is 5.75 Å². The molecule has 0 aliphatic rings. The van der Waals surface area contributed by atoms with Crippen molar-refractivity contribution in [1.29, 1.82) is 0 Å². The van der Waals surface area contributed by atoms with Gasteiger partial charge in [-0.2, -0.15) is 5.10 Å². The molecule has 6 heteroatoms. The summed E-state index contributed by atoms with van der Waals surface area (Å²) < 4.78 is 13.3. The van der Waals surface area contributed by atoms with Crippen molar-refractivity contribution >= 4 is 33.9 Å². The van der Waals surface area contributed by atoms with Crippen LogP contribution in [0.3, 0.4) is 0 Å². The van der Waals surface area contributed by atoms with E-state index in [9.17, 15) is 9.50 Å². The molecule has 1 heterocycles. The van der Waals surface area contributed by atoms with E-state index in [2.05, 4.69) is 15.5 Å². The van der Waals surface area contributed by atoms with Crippen molar-refractivity contribution in [2.75, 3.05) is 5.43 Å². The number of fused-ring (bicyclic) bond motifs is 1. The average molecular weight is 330 g/mol. The minimum absolute atomic E-state index is 0.0270. The average Bonchev–Trinajstić information content (AvgIpc) is 2.54. The number of anilines is 1. The Kier molecular flexibility index (Phi) is 4.12. The fourth-order valence-electron chi connectivity index (χ4n) is 2.22. The topological polar surface area (TPSA) is 57.5 Å². The van der Waals surface area contributed by atoms with E-state index < -0.39 is 5.82 Å². The molecular formula is C17H13ClFN3O. The Morgan fingerprint density at radius 1 is 1.22 bits per heavy atom. The van der Waals surface area contributed by atoms with Crippen molar-refractivity contribution in [3.63, 3.8) is 0 Å². The summed E-state index contributed by atoms with van der Waals surface area (Å²) in [4.78, 5) is 4.25. The predicted octanol–water partition coefficient (Wildman–Crippen LogP) is 4.57. The number of nitrogens with one attached hydrogen (secondary N) is 1. The molecule has 3 rings (SSSR count). The van der Waals surface area contributed by atoms with Gasteiger partial charge in [-0.1, -0.05) is 11.6 Å². The van der Waals surface area contributed by atoms with Crippen LogP contribution in [-0.4, -0.2) is 15.8 Å². The molecule has 0 amide bonds. The Balaban J connectivity index is 1.95. The van der Waals surface area contributed by atoms with Crippen molar-refractivity contribution in [3.05, 3.63) is 65.1 Å². The van der Waals surface area contributed by atoms with E-state index in [0.29, 0.717) is 16.3 Å². The summed E-state index contributed by atoms with van der Waals surface area (Å²) in [5.41, 5.74) is 5.19. The minimum Gasteiger partial charge on any atom is -0.507 e. The number of pyridine rings is 1. The molecule has 4 nitrogen and oxygen atoms in total. The van der Waals surface area contributed by atoms with Crippen LogP contribution in [0.25, 0.3) is 10.9 Å². The van der Waals surface area contributed by atoms with Crippen LogP contribution in [0.1, 0.15) is 12.5 Å². The number of rotatable bonds is 3. The van der Waals surface area contributed by atoms with Crippen LogP contribution in [0.4, 0.5) is 10.1 Å². The molecule has 0 fully saturated rings. The molecule has 2 aromatic carbocycles. The van der Waals surface area contributed by atoms with Crippen molar-refractivity contribution in [1.82, 2.24) is 4.98 Å². The second kappa shape index (κ2) is 6.22. The number of phenols is 1. The lowest BCUT2D eigenvalue weighted by Gasteiger charge is -2.08. The van der Waals surface area contributed by atoms with Gasteiger partial charge in [0.1, 0.15) is 11.6 Å². The molecule has 116 valence electrons. The third-order valence-corrected chi connectivity index (χ3v) is 3.63. The molecule has 0 unspecified atom stereocenters. The molecule has 3 aromatic rings. The number of phenolic OH excluding ortho intramolecular Hbond substituents is 1. The van der Waals surface area contributed by atoms with Gasteiger partial charge < -0.3 is 5.11 Å². The van der Waals surface area contributed by atoms with Gasteiger partial charge in [0.25, 0.3) is 0 Å². The molecule has 2 N–H and O–H groups in total. The first kappa shape index (κ1) is 15.2. The Morgan fingerprint density at radius 2 is 2.04 bits per heavy atom. The van der Waals surface area contributed by atoms with Gasteiger partial charge in [0, 0.05) is 22.2 Å². The Hall–Kier alpha value is -2.66. The summed E-state index contributed by atoms with van der Waals surface area (Å²) in [5.74, 6) is -0.461. The van der Waals surface area contributed by atoms with E-state index >= 15 is 0 Å². The molecule has 0 bridgehead atoms. The van der Waals surface area contributed by atoms with Crippen LogP contribution in [0.2, 0.25) is 5.02 Å². The number of hydrogen-bond donors (Lipinski definition) is 2. The second-order valence-corrected chi connectivity index (χ2v) is 5.43. The number of halogens is 2. The van der Waals surface area contributed by atoms with Crippen LogP contribution >= 0.6 is 11.6 Å². The lowest BCUT2D eigenvalue weighted by Crippen LogP contribution is -2.01. The zero-order valence-electron chi connectivity index (χ0n) is 12.2. The third kappa shape index (κ3) is 3.24. The smallest absolute Gasteiger partial charge is 0.124 e. The van der Waals surface area contributed by atoms with Gasteiger partial charge in [-0.3, -0.25) is 10.4 Å². The van der Waals surface area contributed by atoms with E-state index in [1.807, 2.05) is 6.07 Å². The molecule has 1 aromatic heterocycles. The second-order valence-electron chi connectivity index (χ2n) is 4.99. The first-order valence-electron chi connectivity index (χ1n) is 6.88. The molecule has 0 aliphatic heterocycles. The maximum absolute atomic E-state index is 13.3. The summed E-state index contributed by atoms with van der Waals surface area (Å²) in [5, 5.41) is 15.5. The van der Waals surface area contributed by atoms with Crippen LogP contribution in [0.15, 0.2) is 53.8 Å². The van der Waals surface area contributed by atoms with Gasteiger partial charge in [-0.25, -0.2) is 4.39 Å². The largest absolute Gasteiger partial charge is 0.507 e. The predicted molar refractivity (Wildman–Crippen MR) is 90.7 cm³/mol. The molecule has 0 saturated heterocycles. The van der Waals surface area contributed by atoms with E-state index in [4.69, 9.17) is 11.6 Å². The van der Waals surface area contributed by atoms with Crippen LogP contribution < -0.4 is 5.43 Å².